The van der Waals surface area contributed by atoms with Crippen molar-refractivity contribution in [3.05, 3.63) is 35.4 Å². The molecule has 1 rings (SSSR count). The van der Waals surface area contributed by atoms with Crippen LogP contribution < -0.4 is 0 Å². The maximum absolute atomic E-state index is 11.7. The highest BCUT2D eigenvalue weighted by molar-refractivity contribution is 5.71. The van der Waals surface area contributed by atoms with E-state index in [0.717, 1.165) is 6.42 Å². The van der Waals surface area contributed by atoms with E-state index in [1.807, 2.05) is 20.8 Å². The quantitative estimate of drug-likeness (QED) is 0.750. The van der Waals surface area contributed by atoms with Crippen molar-refractivity contribution < 1.29 is 9.53 Å². The Bertz CT molecular complexity index is 385. The lowest BCUT2D eigenvalue weighted by molar-refractivity contribution is -0.155. The highest BCUT2D eigenvalue weighted by Crippen LogP contribution is 2.21. The molecule has 0 aliphatic rings. The van der Waals surface area contributed by atoms with Gasteiger partial charge in [-0.2, -0.15) is 0 Å². The van der Waals surface area contributed by atoms with E-state index in [-0.39, 0.29) is 11.9 Å². The highest BCUT2D eigenvalue weighted by Gasteiger charge is 2.19. The number of ether oxygens (including phenoxy) is 1. The molecule has 0 aliphatic carbocycles. The Balaban J connectivity index is 2.59. The molecule has 0 heterocycles. The lowest BCUT2D eigenvalue weighted by Crippen LogP contribution is -2.24. The van der Waals surface area contributed by atoms with E-state index in [1.54, 1.807) is 0 Å². The van der Waals surface area contributed by atoms with Gasteiger partial charge >= 0.3 is 5.97 Å². The van der Waals surface area contributed by atoms with Crippen LogP contribution in [0.3, 0.4) is 0 Å². The lowest BCUT2D eigenvalue weighted by atomic mass is 9.96. The monoisotopic (exact) mass is 248 g/mol. The molecule has 0 saturated carbocycles. The largest absolute Gasteiger partial charge is 0.460 e. The predicted molar refractivity (Wildman–Crippen MR) is 74.7 cm³/mol. The second-order valence-corrected chi connectivity index (χ2v) is 5.79. The summed E-state index contributed by atoms with van der Waals surface area (Å²) in [6.07, 6.45) is 1.48. The minimum atomic E-state index is -0.400. The molecule has 0 aromatic heterocycles. The first-order valence-electron chi connectivity index (χ1n) is 6.62. The average molecular weight is 248 g/mol. The van der Waals surface area contributed by atoms with Crippen molar-refractivity contribution in [2.24, 2.45) is 0 Å². The minimum Gasteiger partial charge on any atom is -0.460 e. The third-order valence-electron chi connectivity index (χ3n) is 2.85. The molecule has 1 aromatic carbocycles. The summed E-state index contributed by atoms with van der Waals surface area (Å²) >= 11 is 0. The van der Waals surface area contributed by atoms with Gasteiger partial charge < -0.3 is 4.74 Å². The molecule has 18 heavy (non-hydrogen) atoms. The van der Waals surface area contributed by atoms with Crippen LogP contribution in [0, 0.1) is 0 Å². The van der Waals surface area contributed by atoms with Crippen LogP contribution in [0.2, 0.25) is 0 Å². The maximum Gasteiger partial charge on any atom is 0.306 e. The van der Waals surface area contributed by atoms with Gasteiger partial charge in [-0.3, -0.25) is 4.79 Å². The number of hydrogen-bond acceptors (Lipinski definition) is 2. The summed E-state index contributed by atoms with van der Waals surface area (Å²) in [5.41, 5.74) is 2.12. The average Bonchev–Trinajstić information content (AvgIpc) is 2.26. The van der Waals surface area contributed by atoms with Gasteiger partial charge in [-0.1, -0.05) is 38.1 Å². The van der Waals surface area contributed by atoms with E-state index >= 15 is 0 Å². The third-order valence-corrected chi connectivity index (χ3v) is 2.85. The second-order valence-electron chi connectivity index (χ2n) is 5.79. The standard InChI is InChI=1S/C16H24O2/c1-6-13-7-9-14(10-8-13)12(2)11-15(17)18-16(3,4)5/h7-10,12H,6,11H2,1-5H3. The van der Waals surface area contributed by atoms with Crippen LogP contribution in [0.4, 0.5) is 0 Å². The molecule has 2 nitrogen and oxygen atoms in total. The molecule has 0 saturated heterocycles. The SMILES string of the molecule is CCc1ccc(C(C)CC(=O)OC(C)(C)C)cc1. The van der Waals surface area contributed by atoms with Gasteiger partial charge in [0, 0.05) is 0 Å². The zero-order valence-electron chi connectivity index (χ0n) is 12.1. The van der Waals surface area contributed by atoms with Crippen molar-refractivity contribution in [2.45, 2.75) is 59.0 Å². The molecule has 100 valence electrons. The molecule has 0 radical (unpaired) electrons. The van der Waals surface area contributed by atoms with Gasteiger partial charge in [-0.15, -0.1) is 0 Å². The molecule has 1 unspecified atom stereocenters. The number of carbonyl (C=O) groups is 1. The second kappa shape index (κ2) is 6.03. The molecular weight excluding hydrogens is 224 g/mol. The Hall–Kier alpha value is -1.31. The molecule has 0 spiro atoms. The first-order chi connectivity index (χ1) is 8.31. The summed E-state index contributed by atoms with van der Waals surface area (Å²) in [7, 11) is 0. The Morgan fingerprint density at radius 1 is 1.22 bits per heavy atom. The van der Waals surface area contributed by atoms with Gasteiger partial charge in [-0.25, -0.2) is 0 Å². The molecule has 0 amide bonds. The Morgan fingerprint density at radius 2 is 1.78 bits per heavy atom. The van der Waals surface area contributed by atoms with Crippen LogP contribution in [0.1, 0.15) is 58.1 Å². The van der Waals surface area contributed by atoms with E-state index in [2.05, 4.69) is 38.1 Å². The summed E-state index contributed by atoms with van der Waals surface area (Å²) in [4.78, 5) is 11.7. The lowest BCUT2D eigenvalue weighted by Gasteiger charge is -2.21. The van der Waals surface area contributed by atoms with Crippen LogP contribution >= 0.6 is 0 Å². The molecular formula is C16H24O2. The Labute approximate surface area is 110 Å². The summed E-state index contributed by atoms with van der Waals surface area (Å²) in [5, 5.41) is 0. The van der Waals surface area contributed by atoms with Crippen LogP contribution in [0.25, 0.3) is 0 Å². The van der Waals surface area contributed by atoms with E-state index in [0.29, 0.717) is 6.42 Å². The normalized spacial score (nSPS) is 13.2. The smallest absolute Gasteiger partial charge is 0.306 e. The van der Waals surface area contributed by atoms with E-state index in [9.17, 15) is 4.79 Å². The Kier molecular flexibility index (Phi) is 4.94. The molecule has 1 aromatic rings. The van der Waals surface area contributed by atoms with Crippen LogP contribution in [-0.2, 0) is 16.0 Å². The molecule has 0 bridgehead atoms. The first kappa shape index (κ1) is 14.7. The number of carbonyl (C=O) groups excluding carboxylic acids is 1. The fourth-order valence-corrected chi connectivity index (χ4v) is 1.83. The number of aryl methyl sites for hydroxylation is 1. The zero-order valence-corrected chi connectivity index (χ0v) is 12.1. The van der Waals surface area contributed by atoms with Crippen molar-refractivity contribution in [1.29, 1.82) is 0 Å². The van der Waals surface area contributed by atoms with Gasteiger partial charge in [0.25, 0.3) is 0 Å². The zero-order chi connectivity index (χ0) is 13.8. The molecule has 0 N–H and O–H groups in total. The van der Waals surface area contributed by atoms with Crippen molar-refractivity contribution in [1.82, 2.24) is 0 Å². The molecule has 0 aliphatic heterocycles. The number of rotatable bonds is 4. The predicted octanol–water partition coefficient (Wildman–Crippen LogP) is 4.08. The maximum atomic E-state index is 11.7. The fourth-order valence-electron chi connectivity index (χ4n) is 1.83. The van der Waals surface area contributed by atoms with E-state index in [1.165, 1.54) is 11.1 Å². The van der Waals surface area contributed by atoms with Crippen molar-refractivity contribution in [2.75, 3.05) is 0 Å². The summed E-state index contributed by atoms with van der Waals surface area (Å²) in [5.74, 6) is 0.0697. The van der Waals surface area contributed by atoms with Gasteiger partial charge in [0.1, 0.15) is 5.60 Å². The van der Waals surface area contributed by atoms with Gasteiger partial charge in [0.2, 0.25) is 0 Å². The van der Waals surface area contributed by atoms with Crippen molar-refractivity contribution >= 4 is 5.97 Å². The molecule has 2 heteroatoms. The van der Waals surface area contributed by atoms with Gasteiger partial charge in [0.05, 0.1) is 6.42 Å². The minimum absolute atomic E-state index is 0.130. The van der Waals surface area contributed by atoms with E-state index in [4.69, 9.17) is 4.74 Å². The fraction of sp³-hybridized carbons (Fsp3) is 0.562. The summed E-state index contributed by atoms with van der Waals surface area (Å²) in [6.45, 7) is 9.88. The molecule has 0 fully saturated rings. The van der Waals surface area contributed by atoms with Crippen molar-refractivity contribution in [3.8, 4) is 0 Å². The number of benzene rings is 1. The summed E-state index contributed by atoms with van der Waals surface area (Å²) in [6, 6.07) is 8.46. The van der Waals surface area contributed by atoms with Gasteiger partial charge in [-0.05, 0) is 44.2 Å². The highest BCUT2D eigenvalue weighted by atomic mass is 16.6. The third kappa shape index (κ3) is 4.91. The van der Waals surface area contributed by atoms with Crippen LogP contribution in [-0.4, -0.2) is 11.6 Å². The number of esters is 1. The number of hydrogen-bond donors (Lipinski definition) is 0. The van der Waals surface area contributed by atoms with E-state index < -0.39 is 5.60 Å². The first-order valence-corrected chi connectivity index (χ1v) is 6.62. The summed E-state index contributed by atoms with van der Waals surface area (Å²) < 4.78 is 5.34. The topological polar surface area (TPSA) is 26.3 Å². The van der Waals surface area contributed by atoms with Crippen molar-refractivity contribution in [3.63, 3.8) is 0 Å². The Morgan fingerprint density at radius 3 is 2.22 bits per heavy atom. The van der Waals surface area contributed by atoms with Gasteiger partial charge in [0.15, 0.2) is 0 Å². The van der Waals surface area contributed by atoms with Crippen LogP contribution in [0.15, 0.2) is 24.3 Å². The molecule has 1 atom stereocenters. The van der Waals surface area contributed by atoms with Crippen LogP contribution in [0.5, 0.6) is 0 Å².